The molecule has 0 aliphatic carbocycles. The molecule has 0 heterocycles. The Morgan fingerprint density at radius 1 is 1.36 bits per heavy atom. The number of aryl methyl sites for hydroxylation is 1. The lowest BCUT2D eigenvalue weighted by Crippen LogP contribution is -2.36. The van der Waals surface area contributed by atoms with E-state index in [4.69, 9.17) is 15.0 Å². The first-order chi connectivity index (χ1) is 10.1. The predicted molar refractivity (Wildman–Crippen MR) is 85.0 cm³/mol. The molecule has 0 saturated carbocycles. The Bertz CT molecular complexity index is 578. The molecule has 0 aliphatic heterocycles. The van der Waals surface area contributed by atoms with Crippen molar-refractivity contribution in [3.05, 3.63) is 42.5 Å². The van der Waals surface area contributed by atoms with Gasteiger partial charge in [0.1, 0.15) is 12.6 Å². The topological polar surface area (TPSA) is 107 Å². The summed E-state index contributed by atoms with van der Waals surface area (Å²) in [6, 6.07) is 5.47. The number of esters is 1. The zero-order valence-electron chi connectivity index (χ0n) is 13.0. The maximum atomic E-state index is 10.9. The Hall–Kier alpha value is -1.70. The van der Waals surface area contributed by atoms with Crippen LogP contribution in [0.25, 0.3) is 0 Å². The summed E-state index contributed by atoms with van der Waals surface area (Å²) in [5.74, 6) is -0.243. The molecular formula is C15H23NO5S. The Morgan fingerprint density at radius 3 is 2.23 bits per heavy atom. The zero-order valence-corrected chi connectivity index (χ0v) is 13.8. The number of rotatable bonds is 5. The summed E-state index contributed by atoms with van der Waals surface area (Å²) in [5.41, 5.74) is 6.45. The van der Waals surface area contributed by atoms with Gasteiger partial charge in [-0.2, -0.15) is 8.42 Å². The second kappa shape index (κ2) is 9.34. The van der Waals surface area contributed by atoms with Crippen LogP contribution in [-0.4, -0.2) is 31.6 Å². The molecule has 1 aromatic rings. The fraction of sp³-hybridized carbons (Fsp3) is 0.400. The zero-order chi connectivity index (χ0) is 17.3. The average Bonchev–Trinajstić information content (AvgIpc) is 2.44. The number of ether oxygens (including phenoxy) is 1. The van der Waals surface area contributed by atoms with Crippen LogP contribution < -0.4 is 5.73 Å². The van der Waals surface area contributed by atoms with Crippen molar-refractivity contribution in [3.8, 4) is 0 Å². The fourth-order valence-corrected chi connectivity index (χ4v) is 1.70. The molecule has 0 unspecified atom stereocenters. The Labute approximate surface area is 131 Å². The van der Waals surface area contributed by atoms with Crippen molar-refractivity contribution in [2.24, 2.45) is 11.7 Å². The van der Waals surface area contributed by atoms with E-state index in [0.717, 1.165) is 5.56 Å². The molecule has 0 bridgehead atoms. The Morgan fingerprint density at radius 2 is 1.86 bits per heavy atom. The molecule has 1 aromatic carbocycles. The van der Waals surface area contributed by atoms with Crippen LogP contribution in [0.2, 0.25) is 0 Å². The van der Waals surface area contributed by atoms with Crippen molar-refractivity contribution in [1.82, 2.24) is 0 Å². The Kier molecular flexibility index (Phi) is 8.62. The van der Waals surface area contributed by atoms with E-state index >= 15 is 0 Å². The van der Waals surface area contributed by atoms with Crippen molar-refractivity contribution in [3.63, 3.8) is 0 Å². The van der Waals surface area contributed by atoms with Crippen LogP contribution in [0.5, 0.6) is 0 Å². The molecule has 1 atom stereocenters. The molecule has 7 heteroatoms. The fourth-order valence-electron chi connectivity index (χ4n) is 1.22. The normalized spacial score (nSPS) is 12.1. The average molecular weight is 329 g/mol. The summed E-state index contributed by atoms with van der Waals surface area (Å²) < 4.78 is 34.3. The predicted octanol–water partition coefficient (Wildman–Crippen LogP) is 1.94. The van der Waals surface area contributed by atoms with Gasteiger partial charge in [-0.25, -0.2) is 0 Å². The monoisotopic (exact) mass is 329 g/mol. The molecule has 124 valence electrons. The summed E-state index contributed by atoms with van der Waals surface area (Å²) in [6.07, 6.45) is 1.52. The molecule has 0 fully saturated rings. The van der Waals surface area contributed by atoms with Crippen LogP contribution in [0.1, 0.15) is 19.4 Å². The third-order valence-corrected chi connectivity index (χ3v) is 3.52. The second-order valence-electron chi connectivity index (χ2n) is 4.98. The van der Waals surface area contributed by atoms with Gasteiger partial charge in [0.25, 0.3) is 10.1 Å². The van der Waals surface area contributed by atoms with Gasteiger partial charge in [0, 0.05) is 0 Å². The maximum Gasteiger partial charge on any atom is 0.323 e. The number of hydrogen-bond donors (Lipinski definition) is 2. The minimum absolute atomic E-state index is 0.0666. The molecule has 0 aromatic heterocycles. The summed E-state index contributed by atoms with van der Waals surface area (Å²) in [7, 11) is -4.02. The van der Waals surface area contributed by atoms with E-state index in [0.29, 0.717) is 0 Å². The van der Waals surface area contributed by atoms with Crippen LogP contribution in [0, 0.1) is 12.8 Å². The van der Waals surface area contributed by atoms with E-state index in [1.54, 1.807) is 12.1 Å². The highest BCUT2D eigenvalue weighted by Gasteiger charge is 2.17. The quantitative estimate of drug-likeness (QED) is 0.486. The molecule has 0 spiro atoms. The third-order valence-electron chi connectivity index (χ3n) is 2.65. The molecule has 0 amide bonds. The summed E-state index contributed by atoms with van der Waals surface area (Å²) in [6.45, 7) is 9.24. The van der Waals surface area contributed by atoms with Crippen LogP contribution in [0.15, 0.2) is 41.8 Å². The summed E-state index contributed by atoms with van der Waals surface area (Å²) in [5, 5.41) is 0. The molecular weight excluding hydrogens is 306 g/mol. The van der Waals surface area contributed by atoms with Gasteiger partial charge >= 0.3 is 5.97 Å². The van der Waals surface area contributed by atoms with Crippen molar-refractivity contribution < 1.29 is 22.5 Å². The lowest BCUT2D eigenvalue weighted by molar-refractivity contribution is -0.145. The van der Waals surface area contributed by atoms with Gasteiger partial charge in [-0.15, -0.1) is 0 Å². The van der Waals surface area contributed by atoms with E-state index in [1.165, 1.54) is 18.2 Å². The first kappa shape index (κ1) is 20.3. The van der Waals surface area contributed by atoms with E-state index in [-0.39, 0.29) is 23.4 Å². The highest BCUT2D eigenvalue weighted by Crippen LogP contribution is 2.08. The number of hydrogen-bond acceptors (Lipinski definition) is 5. The summed E-state index contributed by atoms with van der Waals surface area (Å²) in [4.78, 5) is 10.9. The molecule has 0 radical (unpaired) electrons. The molecule has 6 nitrogen and oxygen atoms in total. The van der Waals surface area contributed by atoms with Gasteiger partial charge in [0.15, 0.2) is 0 Å². The van der Waals surface area contributed by atoms with Crippen molar-refractivity contribution in [2.75, 3.05) is 6.61 Å². The smallest absolute Gasteiger partial charge is 0.323 e. The van der Waals surface area contributed by atoms with E-state index in [2.05, 4.69) is 6.58 Å². The third kappa shape index (κ3) is 7.92. The molecule has 0 aliphatic rings. The first-order valence-electron chi connectivity index (χ1n) is 6.66. The summed E-state index contributed by atoms with van der Waals surface area (Å²) >= 11 is 0. The minimum atomic E-state index is -4.02. The second-order valence-corrected chi connectivity index (χ2v) is 6.40. The number of nitrogens with two attached hydrogens (primary N) is 1. The van der Waals surface area contributed by atoms with Crippen LogP contribution in [0.4, 0.5) is 0 Å². The van der Waals surface area contributed by atoms with Gasteiger partial charge in [-0.1, -0.05) is 44.2 Å². The van der Waals surface area contributed by atoms with E-state index < -0.39 is 16.2 Å². The van der Waals surface area contributed by atoms with Gasteiger partial charge in [-0.05, 0) is 25.0 Å². The number of benzene rings is 1. The van der Waals surface area contributed by atoms with E-state index in [1.807, 2.05) is 20.8 Å². The Balaban J connectivity index is 0.000000401. The standard InChI is InChI=1S/C8H15NO2.C7H8O3S/c1-4-5-11-8(10)7(9)6(2)3;1-6-2-4-7(5-3-6)11(8,9)10/h4,6-7H,1,5,9H2,2-3H3;2-5H,1H3,(H,8,9,10)/t7-;/m1./s1. The lowest BCUT2D eigenvalue weighted by Gasteiger charge is -2.13. The highest BCUT2D eigenvalue weighted by molar-refractivity contribution is 7.85. The molecule has 3 N–H and O–H groups in total. The van der Waals surface area contributed by atoms with Crippen LogP contribution in [0.3, 0.4) is 0 Å². The maximum absolute atomic E-state index is 10.9. The van der Waals surface area contributed by atoms with Crippen LogP contribution in [-0.2, 0) is 19.6 Å². The first-order valence-corrected chi connectivity index (χ1v) is 8.10. The minimum Gasteiger partial charge on any atom is -0.460 e. The molecule has 1 rings (SSSR count). The highest BCUT2D eigenvalue weighted by atomic mass is 32.2. The van der Waals surface area contributed by atoms with Crippen LogP contribution >= 0.6 is 0 Å². The largest absolute Gasteiger partial charge is 0.460 e. The van der Waals surface area contributed by atoms with Gasteiger partial charge in [0.2, 0.25) is 0 Å². The van der Waals surface area contributed by atoms with Gasteiger partial charge < -0.3 is 10.5 Å². The van der Waals surface area contributed by atoms with Gasteiger partial charge in [0.05, 0.1) is 4.90 Å². The SMILES string of the molecule is C=CCOC(=O)[C@H](N)C(C)C.Cc1ccc(S(=O)(=O)O)cc1. The lowest BCUT2D eigenvalue weighted by atomic mass is 10.1. The van der Waals surface area contributed by atoms with Crippen molar-refractivity contribution in [2.45, 2.75) is 31.7 Å². The van der Waals surface area contributed by atoms with Gasteiger partial charge in [-0.3, -0.25) is 9.35 Å². The number of carbonyl (C=O) groups excluding carboxylic acids is 1. The molecule has 22 heavy (non-hydrogen) atoms. The number of carbonyl (C=O) groups is 1. The van der Waals surface area contributed by atoms with Crippen molar-refractivity contribution in [1.29, 1.82) is 0 Å². The van der Waals surface area contributed by atoms with Crippen molar-refractivity contribution >= 4 is 16.1 Å². The van der Waals surface area contributed by atoms with E-state index in [9.17, 15) is 13.2 Å². The molecule has 0 saturated heterocycles.